The first-order valence-electron chi connectivity index (χ1n) is 4.84. The molecule has 1 atom stereocenters. The van der Waals surface area contributed by atoms with E-state index in [-0.39, 0.29) is 11.3 Å². The zero-order valence-electron chi connectivity index (χ0n) is 8.90. The summed E-state index contributed by atoms with van der Waals surface area (Å²) in [6.45, 7) is 1.95. The summed E-state index contributed by atoms with van der Waals surface area (Å²) in [6.07, 6.45) is 0.990. The minimum absolute atomic E-state index is 0.300. The number of hydrogen-bond donors (Lipinski definition) is 1. The average Bonchev–Trinajstić information content (AvgIpc) is 2.54. The van der Waals surface area contributed by atoms with Gasteiger partial charge in [-0.2, -0.15) is 5.90 Å². The first-order chi connectivity index (χ1) is 7.13. The van der Waals surface area contributed by atoms with Crippen molar-refractivity contribution in [3.05, 3.63) is 10.6 Å². The van der Waals surface area contributed by atoms with Crippen LogP contribution in [0, 0.1) is 0 Å². The van der Waals surface area contributed by atoms with Crippen molar-refractivity contribution in [3.63, 3.8) is 0 Å². The van der Waals surface area contributed by atoms with Gasteiger partial charge < -0.3 is 14.6 Å². The van der Waals surface area contributed by atoms with Gasteiger partial charge in [-0.05, 0) is 7.05 Å². The normalized spacial score (nSPS) is 26.9. The maximum atomic E-state index is 11.4. The first kappa shape index (κ1) is 10.8. The van der Waals surface area contributed by atoms with Crippen LogP contribution < -0.4 is 5.90 Å². The number of hydrogen-bond acceptors (Lipinski definition) is 6. The van der Waals surface area contributed by atoms with Crippen molar-refractivity contribution < 1.29 is 9.63 Å². The van der Waals surface area contributed by atoms with Gasteiger partial charge in [0, 0.05) is 37.2 Å². The molecule has 6 heteroatoms. The van der Waals surface area contributed by atoms with Crippen LogP contribution in [0.25, 0.3) is 0 Å². The molecule has 0 aromatic heterocycles. The topological polar surface area (TPSA) is 58.8 Å². The minimum Gasteiger partial charge on any atom is -0.371 e. The number of carbonyl (C=O) groups is 1. The van der Waals surface area contributed by atoms with Crippen LogP contribution in [0.4, 0.5) is 0 Å². The van der Waals surface area contributed by atoms with Crippen LogP contribution in [0.15, 0.2) is 10.6 Å². The summed E-state index contributed by atoms with van der Waals surface area (Å²) in [4.78, 5) is 21.2. The van der Waals surface area contributed by atoms with Crippen molar-refractivity contribution in [3.8, 4) is 0 Å². The Morgan fingerprint density at radius 2 is 2.33 bits per heavy atom. The summed E-state index contributed by atoms with van der Waals surface area (Å²) >= 11 is 1.55. The molecular weight excluding hydrogens is 214 g/mol. The Labute approximate surface area is 93.2 Å². The molecule has 0 aromatic rings. The first-order valence-corrected chi connectivity index (χ1v) is 5.72. The SMILES string of the molecule is CN1CCC2=C(C1)SC(C(=O)ON)N2C. The van der Waals surface area contributed by atoms with Gasteiger partial charge in [-0.3, -0.25) is 0 Å². The van der Waals surface area contributed by atoms with Crippen molar-refractivity contribution >= 4 is 17.7 Å². The van der Waals surface area contributed by atoms with E-state index in [1.165, 1.54) is 10.6 Å². The molecule has 2 N–H and O–H groups in total. The van der Waals surface area contributed by atoms with E-state index >= 15 is 0 Å². The van der Waals surface area contributed by atoms with Gasteiger partial charge in [0.1, 0.15) is 0 Å². The molecule has 0 fully saturated rings. The Hall–Kier alpha value is -0.720. The Balaban J connectivity index is 2.13. The van der Waals surface area contributed by atoms with Crippen LogP contribution in [-0.2, 0) is 9.63 Å². The molecule has 0 bridgehead atoms. The summed E-state index contributed by atoms with van der Waals surface area (Å²) < 4.78 is 0. The molecule has 2 aliphatic heterocycles. The van der Waals surface area contributed by atoms with Gasteiger partial charge in [-0.1, -0.05) is 11.8 Å². The second kappa shape index (κ2) is 4.03. The number of likely N-dealkylation sites (N-methyl/N-ethyl adjacent to an activating group) is 2. The molecule has 0 saturated carbocycles. The van der Waals surface area contributed by atoms with Gasteiger partial charge in [0.05, 0.1) is 0 Å². The van der Waals surface area contributed by atoms with Crippen LogP contribution >= 0.6 is 11.8 Å². The van der Waals surface area contributed by atoms with Gasteiger partial charge in [0.15, 0.2) is 5.37 Å². The molecule has 2 aliphatic rings. The van der Waals surface area contributed by atoms with E-state index in [4.69, 9.17) is 5.90 Å². The number of rotatable bonds is 1. The molecule has 2 heterocycles. The molecule has 5 nitrogen and oxygen atoms in total. The summed E-state index contributed by atoms with van der Waals surface area (Å²) in [7, 11) is 4.00. The van der Waals surface area contributed by atoms with Crippen molar-refractivity contribution in [2.75, 3.05) is 27.2 Å². The molecular formula is C9H15N3O2S. The fourth-order valence-corrected chi connectivity index (χ4v) is 3.33. The number of carbonyl (C=O) groups excluding carboxylic acids is 1. The lowest BCUT2D eigenvalue weighted by molar-refractivity contribution is -0.146. The Morgan fingerprint density at radius 1 is 1.60 bits per heavy atom. The molecule has 0 aromatic carbocycles. The van der Waals surface area contributed by atoms with Gasteiger partial charge in [-0.25, -0.2) is 4.79 Å². The van der Waals surface area contributed by atoms with Gasteiger partial charge in [-0.15, -0.1) is 0 Å². The number of nitrogens with two attached hydrogens (primary N) is 1. The fraction of sp³-hybridized carbons (Fsp3) is 0.667. The predicted molar refractivity (Wildman–Crippen MR) is 58.6 cm³/mol. The summed E-state index contributed by atoms with van der Waals surface area (Å²) in [6, 6.07) is 0. The van der Waals surface area contributed by atoms with Crippen LogP contribution in [-0.4, -0.2) is 48.3 Å². The van der Waals surface area contributed by atoms with E-state index in [9.17, 15) is 4.79 Å². The lowest BCUT2D eigenvalue weighted by Crippen LogP contribution is -2.35. The number of thioether (sulfide) groups is 1. The van der Waals surface area contributed by atoms with E-state index in [0.29, 0.717) is 0 Å². The smallest absolute Gasteiger partial charge is 0.358 e. The van der Waals surface area contributed by atoms with Gasteiger partial charge >= 0.3 is 5.97 Å². The van der Waals surface area contributed by atoms with E-state index in [1.807, 2.05) is 11.9 Å². The van der Waals surface area contributed by atoms with Crippen LogP contribution in [0.2, 0.25) is 0 Å². The van der Waals surface area contributed by atoms with Crippen molar-refractivity contribution in [1.82, 2.24) is 9.80 Å². The van der Waals surface area contributed by atoms with Crippen LogP contribution in [0.1, 0.15) is 6.42 Å². The molecule has 0 amide bonds. The van der Waals surface area contributed by atoms with Crippen molar-refractivity contribution in [2.45, 2.75) is 11.8 Å². The van der Waals surface area contributed by atoms with Crippen molar-refractivity contribution in [2.24, 2.45) is 5.90 Å². The molecule has 84 valence electrons. The third kappa shape index (κ3) is 1.84. The molecule has 1 unspecified atom stereocenters. The third-order valence-corrected chi connectivity index (χ3v) is 4.20. The lowest BCUT2D eigenvalue weighted by Gasteiger charge is -2.26. The zero-order valence-corrected chi connectivity index (χ0v) is 9.71. The monoisotopic (exact) mass is 229 g/mol. The Kier molecular flexibility index (Phi) is 2.90. The summed E-state index contributed by atoms with van der Waals surface area (Å²) in [5.41, 5.74) is 1.26. The molecule has 15 heavy (non-hydrogen) atoms. The molecule has 0 radical (unpaired) electrons. The van der Waals surface area contributed by atoms with E-state index in [1.54, 1.807) is 11.8 Å². The van der Waals surface area contributed by atoms with Crippen molar-refractivity contribution in [1.29, 1.82) is 0 Å². The third-order valence-electron chi connectivity index (χ3n) is 2.81. The van der Waals surface area contributed by atoms with Crippen LogP contribution in [0.5, 0.6) is 0 Å². The van der Waals surface area contributed by atoms with E-state index < -0.39 is 0 Å². The molecule has 0 aliphatic carbocycles. The van der Waals surface area contributed by atoms with Crippen LogP contribution in [0.3, 0.4) is 0 Å². The lowest BCUT2D eigenvalue weighted by atomic mass is 10.2. The Bertz CT molecular complexity index is 318. The Morgan fingerprint density at radius 3 is 3.00 bits per heavy atom. The van der Waals surface area contributed by atoms with Gasteiger partial charge in [0.2, 0.25) is 0 Å². The van der Waals surface area contributed by atoms with E-state index in [2.05, 4.69) is 16.8 Å². The summed E-state index contributed by atoms with van der Waals surface area (Å²) in [5, 5.41) is -0.300. The maximum absolute atomic E-state index is 11.4. The maximum Gasteiger partial charge on any atom is 0.358 e. The predicted octanol–water partition coefficient (Wildman–Crippen LogP) is -0.0449. The second-order valence-corrected chi connectivity index (χ2v) is 5.05. The highest BCUT2D eigenvalue weighted by atomic mass is 32.2. The average molecular weight is 229 g/mol. The van der Waals surface area contributed by atoms with Gasteiger partial charge in [0.25, 0.3) is 0 Å². The highest BCUT2D eigenvalue weighted by Crippen LogP contribution is 2.40. The zero-order chi connectivity index (χ0) is 11.0. The highest BCUT2D eigenvalue weighted by molar-refractivity contribution is 8.04. The quantitative estimate of drug-likeness (QED) is 0.636. The highest BCUT2D eigenvalue weighted by Gasteiger charge is 2.37. The largest absolute Gasteiger partial charge is 0.371 e. The second-order valence-electron chi connectivity index (χ2n) is 3.88. The molecule has 0 spiro atoms. The molecule has 0 saturated heterocycles. The minimum atomic E-state index is -0.375. The standard InChI is InChI=1S/C9H15N3O2S/c1-11-4-3-6-7(5-11)15-8(12(6)2)9(13)14-10/h8H,3-5,10H2,1-2H3. The van der Waals surface area contributed by atoms with E-state index in [0.717, 1.165) is 19.5 Å². The fourth-order valence-electron chi connectivity index (χ4n) is 1.95. The molecule has 2 rings (SSSR count). The number of nitrogens with zero attached hydrogens (tertiary/aromatic N) is 2. The summed E-state index contributed by atoms with van der Waals surface area (Å²) in [5.74, 6) is 4.54.